The average Bonchev–Trinajstić information content (AvgIpc) is 3.00. The van der Waals surface area contributed by atoms with Crippen LogP contribution in [0.15, 0.2) is 38.1 Å². The summed E-state index contributed by atoms with van der Waals surface area (Å²) >= 11 is 0. The molecule has 0 saturated carbocycles. The van der Waals surface area contributed by atoms with Crippen molar-refractivity contribution in [2.24, 2.45) is 5.73 Å². The smallest absolute Gasteiger partial charge is 0.323 e. The van der Waals surface area contributed by atoms with Crippen molar-refractivity contribution in [2.75, 3.05) is 19.8 Å². The number of carbonyl (C=O) groups is 2. The number of nitrogens with zero attached hydrogens (tertiary/aromatic N) is 2. The van der Waals surface area contributed by atoms with Crippen LogP contribution in [-0.4, -0.2) is 52.6 Å². The largest absolute Gasteiger partial charge is 0.462 e. The van der Waals surface area contributed by atoms with Gasteiger partial charge in [0.05, 0.1) is 12.9 Å². The summed E-state index contributed by atoms with van der Waals surface area (Å²) in [6.45, 7) is 6.87. The molecule has 22 heavy (non-hydrogen) atoms. The molecule has 1 amide bonds. The van der Waals surface area contributed by atoms with E-state index in [9.17, 15) is 9.59 Å². The molecule has 1 atom stereocenters. The molecular formula is C14H20N4O4. The number of rotatable bonds is 10. The van der Waals surface area contributed by atoms with Crippen LogP contribution in [0.5, 0.6) is 0 Å². The minimum atomic E-state index is -0.779. The van der Waals surface area contributed by atoms with E-state index in [1.807, 2.05) is 0 Å². The molecule has 0 bridgehead atoms. The summed E-state index contributed by atoms with van der Waals surface area (Å²) in [4.78, 5) is 31.0. The number of ether oxygens (including phenoxy) is 2. The van der Waals surface area contributed by atoms with Crippen molar-refractivity contribution in [1.29, 1.82) is 0 Å². The lowest BCUT2D eigenvalue weighted by molar-refractivity contribution is -0.147. The van der Waals surface area contributed by atoms with E-state index in [-0.39, 0.29) is 25.7 Å². The third kappa shape index (κ3) is 5.90. The SMILES string of the molecule is C=CN(C=C)C(=O)COCCOC(=O)C(N)Cc1cnc[nH]1. The van der Waals surface area contributed by atoms with Crippen LogP contribution in [0.25, 0.3) is 0 Å². The van der Waals surface area contributed by atoms with Crippen LogP contribution in [0, 0.1) is 0 Å². The number of amides is 1. The minimum absolute atomic E-state index is 0.0188. The molecule has 0 aliphatic carbocycles. The minimum Gasteiger partial charge on any atom is -0.462 e. The Labute approximate surface area is 128 Å². The number of esters is 1. The number of hydrogen-bond donors (Lipinski definition) is 2. The summed E-state index contributed by atoms with van der Waals surface area (Å²) in [5.74, 6) is -0.851. The van der Waals surface area contributed by atoms with Gasteiger partial charge in [0.2, 0.25) is 0 Å². The Kier molecular flexibility index (Phi) is 7.58. The van der Waals surface area contributed by atoms with Crippen molar-refractivity contribution in [2.45, 2.75) is 12.5 Å². The van der Waals surface area contributed by atoms with Crippen LogP contribution in [-0.2, 0) is 25.5 Å². The zero-order valence-corrected chi connectivity index (χ0v) is 12.2. The van der Waals surface area contributed by atoms with Gasteiger partial charge in [-0.05, 0) is 0 Å². The molecule has 1 aromatic rings. The third-order valence-corrected chi connectivity index (χ3v) is 2.68. The number of nitrogens with two attached hydrogens (primary N) is 1. The molecule has 0 saturated heterocycles. The molecule has 0 aliphatic rings. The summed E-state index contributed by atoms with van der Waals surface area (Å²) < 4.78 is 10.1. The van der Waals surface area contributed by atoms with E-state index in [4.69, 9.17) is 15.2 Å². The lowest BCUT2D eigenvalue weighted by Crippen LogP contribution is -2.35. The molecule has 1 unspecified atom stereocenters. The van der Waals surface area contributed by atoms with Crippen LogP contribution in [0.4, 0.5) is 0 Å². The van der Waals surface area contributed by atoms with Gasteiger partial charge in [-0.2, -0.15) is 0 Å². The maximum atomic E-state index is 11.6. The number of imidazole rings is 1. The predicted octanol–water partition coefficient (Wildman–Crippen LogP) is -0.0451. The highest BCUT2D eigenvalue weighted by atomic mass is 16.6. The van der Waals surface area contributed by atoms with E-state index in [0.29, 0.717) is 6.42 Å². The van der Waals surface area contributed by atoms with Crippen LogP contribution in [0.3, 0.4) is 0 Å². The third-order valence-electron chi connectivity index (χ3n) is 2.68. The van der Waals surface area contributed by atoms with Crippen LogP contribution >= 0.6 is 0 Å². The molecular weight excluding hydrogens is 288 g/mol. The molecule has 1 heterocycles. The molecule has 0 aromatic carbocycles. The van der Waals surface area contributed by atoms with Gasteiger partial charge < -0.3 is 20.2 Å². The first-order valence-corrected chi connectivity index (χ1v) is 6.62. The summed E-state index contributed by atoms with van der Waals surface area (Å²) in [6.07, 6.45) is 6.06. The van der Waals surface area contributed by atoms with Gasteiger partial charge in [-0.1, -0.05) is 13.2 Å². The van der Waals surface area contributed by atoms with Crippen molar-refractivity contribution in [1.82, 2.24) is 14.9 Å². The number of hydrogen-bond acceptors (Lipinski definition) is 6. The van der Waals surface area contributed by atoms with Gasteiger partial charge in [-0.25, -0.2) is 4.98 Å². The Morgan fingerprint density at radius 3 is 2.73 bits per heavy atom. The van der Waals surface area contributed by atoms with E-state index in [1.165, 1.54) is 23.6 Å². The van der Waals surface area contributed by atoms with Crippen molar-refractivity contribution in [3.05, 3.63) is 43.8 Å². The number of aromatic amines is 1. The van der Waals surface area contributed by atoms with Crippen LogP contribution in [0.1, 0.15) is 5.69 Å². The summed E-state index contributed by atoms with van der Waals surface area (Å²) in [5.41, 5.74) is 6.45. The quantitative estimate of drug-likeness (QED) is 0.463. The first kappa shape index (κ1) is 17.6. The van der Waals surface area contributed by atoms with Crippen molar-refractivity contribution in [3.63, 3.8) is 0 Å². The molecule has 0 spiro atoms. The first-order chi connectivity index (χ1) is 10.6. The fraction of sp³-hybridized carbons (Fsp3) is 0.357. The molecule has 1 aromatic heterocycles. The number of H-pyrrole nitrogens is 1. The molecule has 0 fully saturated rings. The standard InChI is InChI=1S/C14H20N4O4/c1-3-18(4-2)13(19)9-21-5-6-22-14(20)12(15)7-11-8-16-10-17-11/h3-4,8,10,12H,1-2,5-7,9,15H2,(H,16,17). The number of carbonyl (C=O) groups excluding carboxylic acids is 2. The van der Waals surface area contributed by atoms with E-state index in [2.05, 4.69) is 23.1 Å². The second kappa shape index (κ2) is 9.48. The monoisotopic (exact) mass is 308 g/mol. The van der Waals surface area contributed by atoms with E-state index < -0.39 is 12.0 Å². The average molecular weight is 308 g/mol. The molecule has 120 valence electrons. The normalized spacial score (nSPS) is 11.5. The second-order valence-electron chi connectivity index (χ2n) is 4.27. The lowest BCUT2D eigenvalue weighted by atomic mass is 10.2. The number of nitrogens with one attached hydrogen (secondary N) is 1. The van der Waals surface area contributed by atoms with Gasteiger partial charge in [-0.15, -0.1) is 0 Å². The fourth-order valence-corrected chi connectivity index (χ4v) is 1.54. The molecule has 1 rings (SSSR count). The summed E-state index contributed by atoms with van der Waals surface area (Å²) in [6, 6.07) is -0.779. The Balaban J connectivity index is 2.16. The van der Waals surface area contributed by atoms with Crippen LogP contribution < -0.4 is 5.73 Å². The van der Waals surface area contributed by atoms with E-state index in [0.717, 1.165) is 5.69 Å². The molecule has 8 nitrogen and oxygen atoms in total. The summed E-state index contributed by atoms with van der Waals surface area (Å²) in [5, 5.41) is 0. The van der Waals surface area contributed by atoms with Gasteiger partial charge in [0, 0.05) is 30.7 Å². The van der Waals surface area contributed by atoms with Gasteiger partial charge >= 0.3 is 5.97 Å². The Morgan fingerprint density at radius 1 is 1.41 bits per heavy atom. The zero-order chi connectivity index (χ0) is 16.4. The fourth-order valence-electron chi connectivity index (χ4n) is 1.54. The lowest BCUT2D eigenvalue weighted by Gasteiger charge is -2.13. The first-order valence-electron chi connectivity index (χ1n) is 6.62. The van der Waals surface area contributed by atoms with Gasteiger partial charge in [0.25, 0.3) is 5.91 Å². The Bertz CT molecular complexity index is 493. The zero-order valence-electron chi connectivity index (χ0n) is 12.2. The van der Waals surface area contributed by atoms with Gasteiger partial charge in [0.15, 0.2) is 0 Å². The van der Waals surface area contributed by atoms with Gasteiger partial charge in [0.1, 0.15) is 19.3 Å². The second-order valence-corrected chi connectivity index (χ2v) is 4.27. The molecule has 0 aliphatic heterocycles. The molecule has 0 radical (unpaired) electrons. The van der Waals surface area contributed by atoms with Crippen molar-refractivity contribution < 1.29 is 19.1 Å². The maximum absolute atomic E-state index is 11.6. The highest BCUT2D eigenvalue weighted by Crippen LogP contribution is 1.98. The topological polar surface area (TPSA) is 111 Å². The van der Waals surface area contributed by atoms with Gasteiger partial charge in [-0.3, -0.25) is 14.5 Å². The highest BCUT2D eigenvalue weighted by molar-refractivity contribution is 5.79. The molecule has 3 N–H and O–H groups in total. The van der Waals surface area contributed by atoms with E-state index >= 15 is 0 Å². The predicted molar refractivity (Wildman–Crippen MR) is 79.3 cm³/mol. The van der Waals surface area contributed by atoms with Crippen molar-refractivity contribution >= 4 is 11.9 Å². The summed E-state index contributed by atoms with van der Waals surface area (Å²) in [7, 11) is 0. The van der Waals surface area contributed by atoms with Crippen LogP contribution in [0.2, 0.25) is 0 Å². The highest BCUT2D eigenvalue weighted by Gasteiger charge is 2.16. The maximum Gasteiger partial charge on any atom is 0.323 e. The van der Waals surface area contributed by atoms with E-state index in [1.54, 1.807) is 6.20 Å². The molecule has 8 heteroatoms. The Morgan fingerprint density at radius 2 is 2.14 bits per heavy atom. The number of aromatic nitrogens is 2. The Hall–Kier alpha value is -2.45. The van der Waals surface area contributed by atoms with Crippen molar-refractivity contribution in [3.8, 4) is 0 Å².